The first-order chi connectivity index (χ1) is 8.17. The maximum absolute atomic E-state index is 12.8. The summed E-state index contributed by atoms with van der Waals surface area (Å²) in [7, 11) is 0. The summed E-state index contributed by atoms with van der Waals surface area (Å²) in [6.45, 7) is 10.6. The van der Waals surface area contributed by atoms with Crippen molar-refractivity contribution in [2.75, 3.05) is 26.2 Å². The molecule has 1 N–H and O–H groups in total. The Labute approximate surface area is 104 Å². The summed E-state index contributed by atoms with van der Waals surface area (Å²) < 4.78 is 12.8. The van der Waals surface area contributed by atoms with Crippen molar-refractivity contribution in [3.05, 3.63) is 35.6 Å². The third kappa shape index (κ3) is 4.84. The van der Waals surface area contributed by atoms with Gasteiger partial charge >= 0.3 is 0 Å². The highest BCUT2D eigenvalue weighted by Crippen LogP contribution is 2.12. The van der Waals surface area contributed by atoms with Crippen LogP contribution in [0.5, 0.6) is 0 Å². The molecule has 1 aromatic rings. The van der Waals surface area contributed by atoms with Gasteiger partial charge in [-0.1, -0.05) is 26.0 Å². The van der Waals surface area contributed by atoms with Crippen LogP contribution in [-0.4, -0.2) is 31.1 Å². The number of likely N-dealkylation sites (N-methyl/N-ethyl adjacent to an activating group) is 1. The Bertz CT molecular complexity index is 307. The third-order valence-corrected chi connectivity index (χ3v) is 3.14. The van der Waals surface area contributed by atoms with Crippen molar-refractivity contribution in [1.82, 2.24) is 10.2 Å². The van der Waals surface area contributed by atoms with Crippen LogP contribution in [0, 0.1) is 5.82 Å². The van der Waals surface area contributed by atoms with Gasteiger partial charge in [-0.3, -0.25) is 0 Å². The van der Waals surface area contributed by atoms with Gasteiger partial charge in [0.1, 0.15) is 5.82 Å². The third-order valence-electron chi connectivity index (χ3n) is 3.14. The Balaban J connectivity index is 2.34. The molecule has 2 nitrogen and oxygen atoms in total. The first-order valence-electron chi connectivity index (χ1n) is 6.38. The molecule has 0 aromatic heterocycles. The molecule has 0 bridgehead atoms. The Hall–Kier alpha value is -0.930. The zero-order valence-electron chi connectivity index (χ0n) is 11.0. The molecule has 0 aliphatic carbocycles. The van der Waals surface area contributed by atoms with Crippen molar-refractivity contribution in [3.63, 3.8) is 0 Å². The number of hydrogen-bond acceptors (Lipinski definition) is 2. The number of benzene rings is 1. The van der Waals surface area contributed by atoms with Crippen molar-refractivity contribution in [3.8, 4) is 0 Å². The first-order valence-corrected chi connectivity index (χ1v) is 6.38. The second kappa shape index (κ2) is 7.41. The maximum atomic E-state index is 12.8. The SMILES string of the molecule is CCN(CC)CCN[C@H](C)c1ccc(F)cc1. The Kier molecular flexibility index (Phi) is 6.16. The molecule has 0 unspecified atom stereocenters. The molecule has 1 atom stereocenters. The molecule has 1 rings (SSSR count). The predicted molar refractivity (Wildman–Crippen MR) is 70.6 cm³/mol. The summed E-state index contributed by atoms with van der Waals surface area (Å²) in [5.41, 5.74) is 1.13. The van der Waals surface area contributed by atoms with E-state index in [9.17, 15) is 4.39 Å². The van der Waals surface area contributed by atoms with Gasteiger partial charge in [0.25, 0.3) is 0 Å². The molecule has 0 saturated heterocycles. The molecule has 0 saturated carbocycles. The Morgan fingerprint density at radius 3 is 2.29 bits per heavy atom. The van der Waals surface area contributed by atoms with Crippen molar-refractivity contribution in [2.24, 2.45) is 0 Å². The van der Waals surface area contributed by atoms with Gasteiger partial charge in [-0.2, -0.15) is 0 Å². The maximum Gasteiger partial charge on any atom is 0.123 e. The van der Waals surface area contributed by atoms with Gasteiger partial charge in [-0.15, -0.1) is 0 Å². The summed E-state index contributed by atoms with van der Waals surface area (Å²) in [5.74, 6) is -0.177. The van der Waals surface area contributed by atoms with Gasteiger partial charge in [0.2, 0.25) is 0 Å². The summed E-state index contributed by atoms with van der Waals surface area (Å²) in [6, 6.07) is 6.97. The van der Waals surface area contributed by atoms with Gasteiger partial charge in [0.05, 0.1) is 0 Å². The number of rotatable bonds is 7. The minimum absolute atomic E-state index is 0.177. The van der Waals surface area contributed by atoms with E-state index in [1.807, 2.05) is 12.1 Å². The lowest BCUT2D eigenvalue weighted by Gasteiger charge is -2.20. The van der Waals surface area contributed by atoms with Crippen molar-refractivity contribution >= 4 is 0 Å². The highest BCUT2D eigenvalue weighted by atomic mass is 19.1. The largest absolute Gasteiger partial charge is 0.309 e. The van der Waals surface area contributed by atoms with Crippen LogP contribution in [0.15, 0.2) is 24.3 Å². The van der Waals surface area contributed by atoms with Crippen LogP contribution in [0.1, 0.15) is 32.4 Å². The van der Waals surface area contributed by atoms with Gasteiger partial charge in [0, 0.05) is 19.1 Å². The van der Waals surface area contributed by atoms with Crippen LogP contribution in [0.4, 0.5) is 4.39 Å². The zero-order chi connectivity index (χ0) is 12.7. The van der Waals surface area contributed by atoms with Crippen molar-refractivity contribution in [2.45, 2.75) is 26.8 Å². The second-order valence-corrected chi connectivity index (χ2v) is 4.25. The lowest BCUT2D eigenvalue weighted by molar-refractivity contribution is 0.298. The van der Waals surface area contributed by atoms with Gasteiger partial charge < -0.3 is 10.2 Å². The van der Waals surface area contributed by atoms with E-state index in [1.165, 1.54) is 12.1 Å². The van der Waals surface area contributed by atoms with Crippen molar-refractivity contribution < 1.29 is 4.39 Å². The van der Waals surface area contributed by atoms with Gasteiger partial charge in [0.15, 0.2) is 0 Å². The van der Waals surface area contributed by atoms with E-state index in [-0.39, 0.29) is 11.9 Å². The minimum Gasteiger partial charge on any atom is -0.309 e. The average Bonchev–Trinajstić information content (AvgIpc) is 2.35. The van der Waals surface area contributed by atoms with E-state index < -0.39 is 0 Å². The van der Waals surface area contributed by atoms with E-state index in [4.69, 9.17) is 0 Å². The molecule has 1 aromatic carbocycles. The monoisotopic (exact) mass is 238 g/mol. The fourth-order valence-electron chi connectivity index (χ4n) is 1.85. The van der Waals surface area contributed by atoms with E-state index in [2.05, 4.69) is 31.0 Å². The molecule has 0 radical (unpaired) electrons. The number of nitrogens with one attached hydrogen (secondary N) is 1. The molecule has 0 spiro atoms. The highest BCUT2D eigenvalue weighted by molar-refractivity contribution is 5.19. The number of hydrogen-bond donors (Lipinski definition) is 1. The molecule has 17 heavy (non-hydrogen) atoms. The summed E-state index contributed by atoms with van der Waals surface area (Å²) in [4.78, 5) is 2.38. The minimum atomic E-state index is -0.177. The molecule has 0 amide bonds. The number of nitrogens with zero attached hydrogens (tertiary/aromatic N) is 1. The first kappa shape index (κ1) is 14.1. The fourth-order valence-corrected chi connectivity index (χ4v) is 1.85. The average molecular weight is 238 g/mol. The molecule has 3 heteroatoms. The molecular weight excluding hydrogens is 215 g/mol. The molecule has 0 heterocycles. The molecule has 0 aliphatic heterocycles. The lowest BCUT2D eigenvalue weighted by atomic mass is 10.1. The molecule has 0 aliphatic rings. The topological polar surface area (TPSA) is 15.3 Å². The zero-order valence-corrected chi connectivity index (χ0v) is 11.0. The van der Waals surface area contributed by atoms with E-state index >= 15 is 0 Å². The Morgan fingerprint density at radius 1 is 1.18 bits per heavy atom. The Morgan fingerprint density at radius 2 is 1.76 bits per heavy atom. The summed E-state index contributed by atoms with van der Waals surface area (Å²) >= 11 is 0. The van der Waals surface area contributed by atoms with Crippen LogP contribution in [0.3, 0.4) is 0 Å². The fraction of sp³-hybridized carbons (Fsp3) is 0.571. The smallest absolute Gasteiger partial charge is 0.123 e. The quantitative estimate of drug-likeness (QED) is 0.786. The van der Waals surface area contributed by atoms with Crippen LogP contribution in [0.25, 0.3) is 0 Å². The van der Waals surface area contributed by atoms with Gasteiger partial charge in [-0.05, 0) is 37.7 Å². The van der Waals surface area contributed by atoms with Gasteiger partial charge in [-0.25, -0.2) is 4.39 Å². The van der Waals surface area contributed by atoms with Crippen LogP contribution in [-0.2, 0) is 0 Å². The van der Waals surface area contributed by atoms with Crippen LogP contribution >= 0.6 is 0 Å². The highest BCUT2D eigenvalue weighted by Gasteiger charge is 2.05. The number of halogens is 1. The standard InChI is InChI=1S/C14H23FN2/c1-4-17(5-2)11-10-16-12(3)13-6-8-14(15)9-7-13/h6-9,12,16H,4-5,10-11H2,1-3H3/t12-/m1/s1. The van der Waals surface area contributed by atoms with E-state index in [1.54, 1.807) is 0 Å². The molecule has 0 fully saturated rings. The van der Waals surface area contributed by atoms with E-state index in [0.717, 1.165) is 31.7 Å². The summed E-state index contributed by atoms with van der Waals surface area (Å²) in [6.07, 6.45) is 0. The summed E-state index contributed by atoms with van der Waals surface area (Å²) in [5, 5.41) is 3.45. The van der Waals surface area contributed by atoms with Crippen LogP contribution < -0.4 is 5.32 Å². The normalized spacial score (nSPS) is 13.0. The molecule has 96 valence electrons. The van der Waals surface area contributed by atoms with E-state index in [0.29, 0.717) is 0 Å². The predicted octanol–water partition coefficient (Wildman–Crippen LogP) is 2.82. The van der Waals surface area contributed by atoms with Crippen LogP contribution in [0.2, 0.25) is 0 Å². The van der Waals surface area contributed by atoms with Crippen molar-refractivity contribution in [1.29, 1.82) is 0 Å². The second-order valence-electron chi connectivity index (χ2n) is 4.25. The molecular formula is C14H23FN2. The lowest BCUT2D eigenvalue weighted by Crippen LogP contribution is -2.33.